The molecule has 0 amide bonds. The summed E-state index contributed by atoms with van der Waals surface area (Å²) in [6.45, 7) is 4.09. The van der Waals surface area contributed by atoms with Gasteiger partial charge >= 0.3 is 5.97 Å². The van der Waals surface area contributed by atoms with Crippen LogP contribution in [-0.4, -0.2) is 38.8 Å². The molecule has 5 nitrogen and oxygen atoms in total. The quantitative estimate of drug-likeness (QED) is 0.813. The summed E-state index contributed by atoms with van der Waals surface area (Å²) in [5.74, 6) is 0.346. The average Bonchev–Trinajstić information content (AvgIpc) is 3.03. The minimum absolute atomic E-state index is 0.317. The topological polar surface area (TPSA) is 64.8 Å². The minimum Gasteiger partial charge on any atom is -0.495 e. The maximum absolute atomic E-state index is 11.7. The molecule has 0 aromatic heterocycles. The summed E-state index contributed by atoms with van der Waals surface area (Å²) in [6, 6.07) is 3.05. The van der Waals surface area contributed by atoms with E-state index in [9.17, 15) is 4.79 Å². The van der Waals surface area contributed by atoms with E-state index in [1.165, 1.54) is 12.8 Å². The highest BCUT2D eigenvalue weighted by molar-refractivity contribution is 6.31. The number of benzene rings is 1. The van der Waals surface area contributed by atoms with Crippen LogP contribution in [0.2, 0.25) is 5.02 Å². The Bertz CT molecular complexity index is 530. The van der Waals surface area contributed by atoms with Crippen LogP contribution in [-0.2, 0) is 16.0 Å². The monoisotopic (exact) mass is 326 g/mol. The summed E-state index contributed by atoms with van der Waals surface area (Å²) in [4.78, 5) is 13.9. The van der Waals surface area contributed by atoms with Crippen molar-refractivity contribution in [1.29, 1.82) is 0 Å². The summed E-state index contributed by atoms with van der Waals surface area (Å²) < 4.78 is 10.4. The SMILES string of the molecule is CCOC(=O)C(N)Cc1cc(OC)c(N2CCCC2)cc1Cl. The first-order valence-electron chi connectivity index (χ1n) is 7.60. The number of esters is 1. The number of hydrogen-bond acceptors (Lipinski definition) is 5. The van der Waals surface area contributed by atoms with Crippen LogP contribution in [0.3, 0.4) is 0 Å². The Kier molecular flexibility index (Phi) is 5.91. The zero-order chi connectivity index (χ0) is 16.1. The summed E-state index contributed by atoms with van der Waals surface area (Å²) in [7, 11) is 1.64. The van der Waals surface area contributed by atoms with E-state index in [1.807, 2.05) is 12.1 Å². The molecular formula is C16H23ClN2O3. The maximum atomic E-state index is 11.7. The molecule has 122 valence electrons. The Morgan fingerprint density at radius 2 is 2.09 bits per heavy atom. The molecule has 1 aliphatic rings. The lowest BCUT2D eigenvalue weighted by Gasteiger charge is -2.22. The molecule has 0 aliphatic carbocycles. The third-order valence-corrected chi connectivity index (χ3v) is 4.18. The Morgan fingerprint density at radius 1 is 1.41 bits per heavy atom. The van der Waals surface area contributed by atoms with E-state index < -0.39 is 12.0 Å². The molecule has 1 aromatic rings. The van der Waals surface area contributed by atoms with Crippen LogP contribution in [0.5, 0.6) is 5.75 Å². The number of ether oxygens (including phenoxy) is 2. The van der Waals surface area contributed by atoms with Crippen molar-refractivity contribution in [2.24, 2.45) is 5.73 Å². The van der Waals surface area contributed by atoms with Crippen LogP contribution in [0.1, 0.15) is 25.3 Å². The van der Waals surface area contributed by atoms with Gasteiger partial charge in [0.1, 0.15) is 11.8 Å². The van der Waals surface area contributed by atoms with Gasteiger partial charge in [-0.25, -0.2) is 0 Å². The predicted octanol–water partition coefficient (Wildman–Crippen LogP) is 2.38. The number of carbonyl (C=O) groups excluding carboxylic acids is 1. The van der Waals surface area contributed by atoms with E-state index in [0.29, 0.717) is 18.1 Å². The predicted molar refractivity (Wildman–Crippen MR) is 87.8 cm³/mol. The third kappa shape index (κ3) is 3.84. The molecule has 0 radical (unpaired) electrons. The molecular weight excluding hydrogens is 304 g/mol. The fourth-order valence-corrected chi connectivity index (χ4v) is 2.91. The van der Waals surface area contributed by atoms with E-state index in [2.05, 4.69) is 4.90 Å². The zero-order valence-electron chi connectivity index (χ0n) is 13.1. The van der Waals surface area contributed by atoms with E-state index in [0.717, 1.165) is 30.1 Å². The smallest absolute Gasteiger partial charge is 0.323 e. The first-order chi connectivity index (χ1) is 10.6. The second-order valence-corrected chi connectivity index (χ2v) is 5.78. The van der Waals surface area contributed by atoms with Crippen LogP contribution >= 0.6 is 11.6 Å². The van der Waals surface area contributed by atoms with Crippen molar-refractivity contribution in [3.05, 3.63) is 22.7 Å². The Hall–Kier alpha value is -1.46. The number of hydrogen-bond donors (Lipinski definition) is 1. The van der Waals surface area contributed by atoms with Crippen molar-refractivity contribution in [3.63, 3.8) is 0 Å². The van der Waals surface area contributed by atoms with Crippen molar-refractivity contribution in [1.82, 2.24) is 0 Å². The molecule has 0 bridgehead atoms. The first-order valence-corrected chi connectivity index (χ1v) is 7.98. The van der Waals surface area contributed by atoms with Gasteiger partial charge in [0.25, 0.3) is 0 Å². The van der Waals surface area contributed by atoms with E-state index in [4.69, 9.17) is 26.8 Å². The summed E-state index contributed by atoms with van der Waals surface area (Å²) in [5.41, 5.74) is 7.66. The average molecular weight is 327 g/mol. The van der Waals surface area contributed by atoms with Crippen LogP contribution in [0.4, 0.5) is 5.69 Å². The van der Waals surface area contributed by atoms with Crippen LogP contribution in [0.25, 0.3) is 0 Å². The molecule has 1 atom stereocenters. The van der Waals surface area contributed by atoms with Gasteiger partial charge in [-0.15, -0.1) is 0 Å². The number of rotatable bonds is 6. The number of nitrogens with zero attached hydrogens (tertiary/aromatic N) is 1. The number of halogens is 1. The largest absolute Gasteiger partial charge is 0.495 e. The summed E-state index contributed by atoms with van der Waals surface area (Å²) in [6.07, 6.45) is 2.68. The molecule has 2 N–H and O–H groups in total. The van der Waals surface area contributed by atoms with Gasteiger partial charge in [0.05, 0.1) is 19.4 Å². The maximum Gasteiger partial charge on any atom is 0.323 e. The molecule has 1 aromatic carbocycles. The molecule has 1 fully saturated rings. The van der Waals surface area contributed by atoms with Gasteiger partial charge in [-0.05, 0) is 43.9 Å². The van der Waals surface area contributed by atoms with Crippen molar-refractivity contribution < 1.29 is 14.3 Å². The summed E-state index contributed by atoms with van der Waals surface area (Å²) >= 11 is 6.37. The van der Waals surface area contributed by atoms with Gasteiger partial charge in [0.2, 0.25) is 0 Å². The van der Waals surface area contributed by atoms with Gasteiger partial charge in [0.15, 0.2) is 0 Å². The molecule has 1 aliphatic heterocycles. The van der Waals surface area contributed by atoms with Crippen molar-refractivity contribution >= 4 is 23.3 Å². The molecule has 1 saturated heterocycles. The van der Waals surface area contributed by atoms with Gasteiger partial charge in [-0.3, -0.25) is 4.79 Å². The molecule has 6 heteroatoms. The lowest BCUT2D eigenvalue weighted by atomic mass is 10.0. The highest BCUT2D eigenvalue weighted by Gasteiger charge is 2.21. The molecule has 2 rings (SSSR count). The molecule has 1 unspecified atom stereocenters. The van der Waals surface area contributed by atoms with Gasteiger partial charge < -0.3 is 20.1 Å². The lowest BCUT2D eigenvalue weighted by molar-refractivity contribution is -0.144. The van der Waals surface area contributed by atoms with Crippen LogP contribution in [0, 0.1) is 0 Å². The number of anilines is 1. The zero-order valence-corrected chi connectivity index (χ0v) is 13.9. The normalized spacial score (nSPS) is 15.7. The number of carbonyl (C=O) groups is 1. The molecule has 1 heterocycles. The second kappa shape index (κ2) is 7.70. The fraction of sp³-hybridized carbons (Fsp3) is 0.562. The van der Waals surface area contributed by atoms with Gasteiger partial charge in [-0.2, -0.15) is 0 Å². The minimum atomic E-state index is -0.722. The van der Waals surface area contributed by atoms with E-state index >= 15 is 0 Å². The second-order valence-electron chi connectivity index (χ2n) is 5.37. The van der Waals surface area contributed by atoms with E-state index in [1.54, 1.807) is 14.0 Å². The highest BCUT2D eigenvalue weighted by atomic mass is 35.5. The molecule has 0 spiro atoms. The van der Waals surface area contributed by atoms with Crippen molar-refractivity contribution in [2.45, 2.75) is 32.2 Å². The Balaban J connectivity index is 2.20. The number of nitrogens with two attached hydrogens (primary N) is 1. The van der Waals surface area contributed by atoms with Crippen LogP contribution < -0.4 is 15.4 Å². The standard InChI is InChI=1S/C16H23ClN2O3/c1-3-22-16(20)13(18)8-11-9-15(21-2)14(10-12(11)17)19-6-4-5-7-19/h9-10,13H,3-8,18H2,1-2H3. The third-order valence-electron chi connectivity index (χ3n) is 3.82. The lowest BCUT2D eigenvalue weighted by Crippen LogP contribution is -2.34. The first kappa shape index (κ1) is 16.9. The Morgan fingerprint density at radius 3 is 2.68 bits per heavy atom. The summed E-state index contributed by atoms with van der Waals surface area (Å²) in [5, 5.41) is 0.599. The molecule has 0 saturated carbocycles. The highest BCUT2D eigenvalue weighted by Crippen LogP contribution is 2.36. The van der Waals surface area contributed by atoms with Crippen LogP contribution in [0.15, 0.2) is 12.1 Å². The molecule has 22 heavy (non-hydrogen) atoms. The van der Waals surface area contributed by atoms with Crippen molar-refractivity contribution in [3.8, 4) is 5.75 Å². The van der Waals surface area contributed by atoms with Gasteiger partial charge in [-0.1, -0.05) is 11.6 Å². The van der Waals surface area contributed by atoms with Crippen molar-refractivity contribution in [2.75, 3.05) is 31.7 Å². The van der Waals surface area contributed by atoms with E-state index in [-0.39, 0.29) is 0 Å². The number of methoxy groups -OCH3 is 1. The Labute approximate surface area is 136 Å². The van der Waals surface area contributed by atoms with Gasteiger partial charge in [0, 0.05) is 18.1 Å². The fourth-order valence-electron chi connectivity index (χ4n) is 2.68.